The predicted octanol–water partition coefficient (Wildman–Crippen LogP) is 7.99. The summed E-state index contributed by atoms with van der Waals surface area (Å²) in [6.45, 7) is 9.97. The molecule has 12 heteroatoms. The summed E-state index contributed by atoms with van der Waals surface area (Å²) in [6, 6.07) is 10.6. The van der Waals surface area contributed by atoms with E-state index in [-0.39, 0.29) is 27.6 Å². The van der Waals surface area contributed by atoms with Gasteiger partial charge in [-0.3, -0.25) is 0 Å². The first-order valence-corrected chi connectivity index (χ1v) is 14.3. The lowest BCUT2D eigenvalue weighted by Gasteiger charge is -2.33. The highest BCUT2D eigenvalue weighted by Crippen LogP contribution is 2.50. The van der Waals surface area contributed by atoms with Crippen LogP contribution in [0.3, 0.4) is 0 Å². The number of allylic oxidation sites excluding steroid dienone is 1. The summed E-state index contributed by atoms with van der Waals surface area (Å²) < 4.78 is 110. The van der Waals surface area contributed by atoms with Crippen LogP contribution in [-0.2, 0) is 15.4 Å². The van der Waals surface area contributed by atoms with E-state index in [0.717, 1.165) is 6.07 Å². The molecule has 0 aliphatic heterocycles. The van der Waals surface area contributed by atoms with Gasteiger partial charge in [-0.1, -0.05) is 52.0 Å². The van der Waals surface area contributed by atoms with E-state index < -0.39 is 44.2 Å². The molecule has 0 saturated carbocycles. The lowest BCUT2D eigenvalue weighted by Crippen LogP contribution is -2.54. The Bertz CT molecular complexity index is 1640. The van der Waals surface area contributed by atoms with Crippen LogP contribution in [0, 0.1) is 25.2 Å². The average Bonchev–Trinajstić information content (AvgIpc) is 3.28. The summed E-state index contributed by atoms with van der Waals surface area (Å²) in [6.07, 6.45) is -9.43. The Morgan fingerprint density at radius 3 is 1.93 bits per heavy atom. The molecule has 0 aliphatic rings. The number of sulfone groups is 1. The lowest BCUT2D eigenvalue weighted by atomic mass is 9.88. The molecule has 1 heterocycles. The molecule has 0 spiro atoms. The monoisotopic (exact) mass is 612 g/mol. The van der Waals surface area contributed by atoms with Crippen molar-refractivity contribution in [1.82, 2.24) is 4.57 Å². The molecule has 0 amide bonds. The van der Waals surface area contributed by atoms with Gasteiger partial charge in [0.2, 0.25) is 9.84 Å². The molecule has 42 heavy (non-hydrogen) atoms. The standard InChI is InChI=1S/C30H30F6N2O3S/c1-17(2)24-14-22(28(39,29(31,32)33)30(34,35)36)10-11-25(24)38-16-21(13-26(38)18(3)4)12-23(15-37)42(40,41)27-19(5)8-7-9-20(27)6/h7-14,16-18,39H,1-6H3/b23-12+. The molecule has 1 N–H and O–H groups in total. The Labute approximate surface area is 240 Å². The number of aromatic nitrogens is 1. The fraction of sp³-hybridized carbons (Fsp3) is 0.367. The molecule has 0 aliphatic carbocycles. The predicted molar refractivity (Wildman–Crippen MR) is 147 cm³/mol. The lowest BCUT2D eigenvalue weighted by molar-refractivity contribution is -0.376. The number of aliphatic hydroxyl groups is 1. The van der Waals surface area contributed by atoms with Gasteiger partial charge < -0.3 is 9.67 Å². The van der Waals surface area contributed by atoms with Crippen molar-refractivity contribution in [2.45, 2.75) is 76.2 Å². The van der Waals surface area contributed by atoms with Gasteiger partial charge >= 0.3 is 12.4 Å². The summed E-state index contributed by atoms with van der Waals surface area (Å²) >= 11 is 0. The fourth-order valence-electron chi connectivity index (χ4n) is 4.84. The third kappa shape index (κ3) is 5.72. The first-order valence-electron chi connectivity index (χ1n) is 12.8. The molecule has 2 aromatic carbocycles. The van der Waals surface area contributed by atoms with E-state index in [4.69, 9.17) is 0 Å². The van der Waals surface area contributed by atoms with Crippen molar-refractivity contribution in [1.29, 1.82) is 5.26 Å². The van der Waals surface area contributed by atoms with Gasteiger partial charge in [0, 0.05) is 23.1 Å². The third-order valence-electron chi connectivity index (χ3n) is 6.98. The number of nitrogens with zero attached hydrogens (tertiary/aromatic N) is 2. The molecule has 0 atom stereocenters. The Hall–Kier alpha value is -3.56. The second-order valence-electron chi connectivity index (χ2n) is 10.7. The zero-order valence-corrected chi connectivity index (χ0v) is 24.5. The second-order valence-corrected chi connectivity index (χ2v) is 12.6. The first kappa shape index (κ1) is 32.9. The number of halogens is 6. The highest BCUT2D eigenvalue weighted by Gasteiger charge is 2.71. The van der Waals surface area contributed by atoms with E-state index in [0.29, 0.717) is 29.0 Å². The summed E-state index contributed by atoms with van der Waals surface area (Å²) in [5, 5.41) is 19.8. The van der Waals surface area contributed by atoms with Crippen molar-refractivity contribution in [2.24, 2.45) is 0 Å². The number of rotatable bonds is 7. The van der Waals surface area contributed by atoms with Gasteiger partial charge in [0.25, 0.3) is 5.60 Å². The first-order chi connectivity index (χ1) is 19.2. The topological polar surface area (TPSA) is 83.1 Å². The number of aryl methyl sites for hydroxylation is 2. The zero-order chi connectivity index (χ0) is 32.0. The van der Waals surface area contributed by atoms with Crippen LogP contribution in [0.5, 0.6) is 0 Å². The van der Waals surface area contributed by atoms with Crippen LogP contribution in [0.1, 0.15) is 73.0 Å². The van der Waals surface area contributed by atoms with Gasteiger partial charge in [-0.05, 0) is 72.2 Å². The van der Waals surface area contributed by atoms with Crippen molar-refractivity contribution in [3.8, 4) is 11.8 Å². The number of hydrogen-bond acceptors (Lipinski definition) is 4. The van der Waals surface area contributed by atoms with E-state index in [1.165, 1.54) is 16.8 Å². The van der Waals surface area contributed by atoms with Crippen LogP contribution < -0.4 is 0 Å². The molecule has 0 saturated heterocycles. The fourth-order valence-corrected chi connectivity index (χ4v) is 6.45. The minimum atomic E-state index is -6.04. The number of nitriles is 1. The summed E-state index contributed by atoms with van der Waals surface area (Å²) in [5.74, 6) is -0.805. The number of alkyl halides is 6. The van der Waals surface area contributed by atoms with Crippen molar-refractivity contribution in [3.63, 3.8) is 0 Å². The molecule has 5 nitrogen and oxygen atoms in total. The van der Waals surface area contributed by atoms with E-state index in [1.807, 2.05) is 0 Å². The van der Waals surface area contributed by atoms with Gasteiger partial charge in [-0.15, -0.1) is 0 Å². The molecule has 0 radical (unpaired) electrons. The van der Waals surface area contributed by atoms with Crippen LogP contribution in [0.25, 0.3) is 11.8 Å². The Morgan fingerprint density at radius 2 is 1.48 bits per heavy atom. The normalized spacial score (nSPS) is 13.6. The SMILES string of the molecule is Cc1cccc(C)c1S(=O)(=O)/C(C#N)=C/c1cc(C(C)C)n(-c2ccc(C(O)(C(F)(F)F)C(F)(F)F)cc2C(C)C)c1. The highest BCUT2D eigenvalue weighted by molar-refractivity contribution is 7.95. The molecule has 3 rings (SSSR count). The van der Waals surface area contributed by atoms with Crippen molar-refractivity contribution < 1.29 is 39.9 Å². The minimum Gasteiger partial charge on any atom is -0.369 e. The maximum atomic E-state index is 13.6. The van der Waals surface area contributed by atoms with Gasteiger partial charge in [-0.2, -0.15) is 31.6 Å². The highest BCUT2D eigenvalue weighted by atomic mass is 32.2. The number of hydrogen-bond donors (Lipinski definition) is 1. The Morgan fingerprint density at radius 1 is 0.929 bits per heavy atom. The maximum Gasteiger partial charge on any atom is 0.430 e. The van der Waals surface area contributed by atoms with E-state index in [9.17, 15) is 45.1 Å². The molecular formula is C30H30F6N2O3S. The van der Waals surface area contributed by atoms with Gasteiger partial charge in [0.05, 0.1) is 4.90 Å². The van der Waals surface area contributed by atoms with Crippen molar-refractivity contribution in [3.05, 3.63) is 87.1 Å². The van der Waals surface area contributed by atoms with Crippen LogP contribution in [-0.4, -0.2) is 30.4 Å². The molecule has 0 unspecified atom stereocenters. The maximum absolute atomic E-state index is 13.6. The third-order valence-corrected chi connectivity index (χ3v) is 8.95. The molecule has 226 valence electrons. The molecule has 0 fully saturated rings. The molecule has 3 aromatic rings. The van der Waals surface area contributed by atoms with E-state index >= 15 is 0 Å². The van der Waals surface area contributed by atoms with Crippen LogP contribution in [0.2, 0.25) is 0 Å². The van der Waals surface area contributed by atoms with Gasteiger partial charge in [0.1, 0.15) is 11.0 Å². The zero-order valence-electron chi connectivity index (χ0n) is 23.7. The van der Waals surface area contributed by atoms with Crippen LogP contribution >= 0.6 is 0 Å². The van der Waals surface area contributed by atoms with Crippen LogP contribution in [0.15, 0.2) is 58.5 Å². The Balaban J connectivity index is 2.27. The Kier molecular flexibility index (Phi) is 8.84. The summed E-state index contributed by atoms with van der Waals surface area (Å²) in [4.78, 5) is -0.534. The molecular weight excluding hydrogens is 582 g/mol. The molecule has 1 aromatic heterocycles. The van der Waals surface area contributed by atoms with Gasteiger partial charge in [0.15, 0.2) is 0 Å². The summed E-state index contributed by atoms with van der Waals surface area (Å²) in [5.41, 5.74) is -4.40. The molecule has 0 bridgehead atoms. The second kappa shape index (κ2) is 11.3. The van der Waals surface area contributed by atoms with E-state index in [2.05, 4.69) is 0 Å². The van der Waals surface area contributed by atoms with Crippen molar-refractivity contribution in [2.75, 3.05) is 0 Å². The summed E-state index contributed by atoms with van der Waals surface area (Å²) in [7, 11) is -4.22. The minimum absolute atomic E-state index is 0.000754. The number of benzene rings is 2. The van der Waals surface area contributed by atoms with Gasteiger partial charge in [-0.25, -0.2) is 8.42 Å². The quantitative estimate of drug-likeness (QED) is 0.217. The van der Waals surface area contributed by atoms with E-state index in [1.54, 1.807) is 71.9 Å². The van der Waals surface area contributed by atoms with Crippen LogP contribution in [0.4, 0.5) is 26.3 Å². The largest absolute Gasteiger partial charge is 0.430 e. The smallest absolute Gasteiger partial charge is 0.369 e. The average molecular weight is 613 g/mol. The van der Waals surface area contributed by atoms with Crippen molar-refractivity contribution >= 4 is 15.9 Å².